The van der Waals surface area contributed by atoms with Crippen LogP contribution in [0.5, 0.6) is 0 Å². The number of nitrogen functional groups attached to an aromatic ring is 1. The second-order valence-electron chi connectivity index (χ2n) is 3.34. The number of hydrogen-bond acceptors (Lipinski definition) is 4. The average molecular weight is 203 g/mol. The van der Waals surface area contributed by atoms with Gasteiger partial charge in [0.2, 0.25) is 0 Å². The van der Waals surface area contributed by atoms with Gasteiger partial charge in [-0.3, -0.25) is 5.10 Å². The molecule has 0 atom stereocenters. The molecule has 0 bridgehead atoms. The Morgan fingerprint density at radius 3 is 3.07 bits per heavy atom. The van der Waals surface area contributed by atoms with Gasteiger partial charge in [0, 0.05) is 35.8 Å². The topological polar surface area (TPSA) is 79.6 Å². The molecule has 2 aromatic rings. The van der Waals surface area contributed by atoms with Gasteiger partial charge in [0.15, 0.2) is 0 Å². The van der Waals surface area contributed by atoms with E-state index in [-0.39, 0.29) is 0 Å². The summed E-state index contributed by atoms with van der Waals surface area (Å²) in [4.78, 5) is 3.92. The maximum absolute atomic E-state index is 5.57. The maximum Gasteiger partial charge on any atom is 0.125 e. The number of hydrogen-bond donors (Lipinski definition) is 3. The van der Waals surface area contributed by atoms with Gasteiger partial charge in [-0.1, -0.05) is 0 Å². The Balaban J connectivity index is 2.02. The Bertz CT molecular complexity index is 449. The minimum Gasteiger partial charge on any atom is -0.384 e. The van der Waals surface area contributed by atoms with Gasteiger partial charge in [-0.25, -0.2) is 4.98 Å². The highest BCUT2D eigenvalue weighted by molar-refractivity contribution is 5.49. The largest absolute Gasteiger partial charge is 0.384 e. The third-order valence-electron chi connectivity index (χ3n) is 2.20. The molecule has 0 aliphatic heterocycles. The molecule has 78 valence electrons. The third kappa shape index (κ3) is 2.25. The summed E-state index contributed by atoms with van der Waals surface area (Å²) in [5.74, 6) is 0.518. The minimum atomic E-state index is 0.518. The van der Waals surface area contributed by atoms with Gasteiger partial charge in [0.1, 0.15) is 5.82 Å². The van der Waals surface area contributed by atoms with E-state index >= 15 is 0 Å². The van der Waals surface area contributed by atoms with Crippen LogP contribution in [0.1, 0.15) is 11.3 Å². The van der Waals surface area contributed by atoms with Crippen molar-refractivity contribution in [2.24, 2.45) is 0 Å². The number of nitrogens with zero attached hydrogens (tertiary/aromatic N) is 2. The smallest absolute Gasteiger partial charge is 0.125 e. The minimum absolute atomic E-state index is 0.518. The summed E-state index contributed by atoms with van der Waals surface area (Å²) in [6.45, 7) is 2.72. The molecule has 0 unspecified atom stereocenters. The third-order valence-corrected chi connectivity index (χ3v) is 2.20. The fourth-order valence-electron chi connectivity index (χ4n) is 1.31. The summed E-state index contributed by atoms with van der Waals surface area (Å²) in [5.41, 5.74) is 8.75. The second kappa shape index (κ2) is 4.00. The molecule has 0 aliphatic carbocycles. The summed E-state index contributed by atoms with van der Waals surface area (Å²) >= 11 is 0. The molecule has 0 radical (unpaired) electrons. The van der Waals surface area contributed by atoms with Crippen LogP contribution in [-0.4, -0.2) is 15.2 Å². The van der Waals surface area contributed by atoms with E-state index in [1.807, 2.05) is 19.2 Å². The van der Waals surface area contributed by atoms with E-state index in [1.54, 1.807) is 12.3 Å². The van der Waals surface area contributed by atoms with Crippen molar-refractivity contribution < 1.29 is 0 Å². The van der Waals surface area contributed by atoms with Gasteiger partial charge in [0.25, 0.3) is 0 Å². The number of pyridine rings is 1. The Kier molecular flexibility index (Phi) is 2.53. The molecule has 5 nitrogen and oxygen atoms in total. The fraction of sp³-hybridized carbons (Fsp3) is 0.200. The lowest BCUT2D eigenvalue weighted by molar-refractivity contribution is 1.04. The number of aromatic nitrogens is 3. The van der Waals surface area contributed by atoms with E-state index in [0.29, 0.717) is 5.82 Å². The zero-order valence-electron chi connectivity index (χ0n) is 8.49. The van der Waals surface area contributed by atoms with Crippen molar-refractivity contribution in [3.05, 3.63) is 35.8 Å². The number of nitrogens with one attached hydrogen (secondary N) is 2. The molecule has 15 heavy (non-hydrogen) atoms. The van der Waals surface area contributed by atoms with Crippen LogP contribution < -0.4 is 11.1 Å². The summed E-state index contributed by atoms with van der Waals surface area (Å²) in [6, 6.07) is 3.68. The zero-order valence-corrected chi connectivity index (χ0v) is 8.49. The molecule has 0 aliphatic rings. The van der Waals surface area contributed by atoms with Crippen LogP contribution >= 0.6 is 0 Å². The van der Waals surface area contributed by atoms with Crippen LogP contribution in [0.25, 0.3) is 0 Å². The molecule has 0 fully saturated rings. The normalized spacial score (nSPS) is 10.2. The first kappa shape index (κ1) is 9.51. The molecular weight excluding hydrogens is 190 g/mol. The molecular formula is C10H13N5. The quantitative estimate of drug-likeness (QED) is 0.702. The van der Waals surface area contributed by atoms with E-state index < -0.39 is 0 Å². The molecule has 0 saturated carbocycles. The number of aryl methyl sites for hydroxylation is 1. The second-order valence-corrected chi connectivity index (χ2v) is 3.34. The van der Waals surface area contributed by atoms with Crippen molar-refractivity contribution >= 4 is 11.5 Å². The fourth-order valence-corrected chi connectivity index (χ4v) is 1.31. The van der Waals surface area contributed by atoms with Crippen LogP contribution in [0, 0.1) is 6.92 Å². The van der Waals surface area contributed by atoms with Crippen LogP contribution in [-0.2, 0) is 6.54 Å². The van der Waals surface area contributed by atoms with Crippen LogP contribution in [0.2, 0.25) is 0 Å². The summed E-state index contributed by atoms with van der Waals surface area (Å²) < 4.78 is 0. The van der Waals surface area contributed by atoms with Crippen molar-refractivity contribution in [1.29, 1.82) is 0 Å². The van der Waals surface area contributed by atoms with Gasteiger partial charge in [-0.05, 0) is 13.0 Å². The maximum atomic E-state index is 5.57. The first-order valence-corrected chi connectivity index (χ1v) is 4.70. The molecule has 4 N–H and O–H groups in total. The van der Waals surface area contributed by atoms with Crippen LogP contribution in [0.15, 0.2) is 24.5 Å². The van der Waals surface area contributed by atoms with E-state index in [0.717, 1.165) is 23.5 Å². The van der Waals surface area contributed by atoms with Crippen LogP contribution in [0.3, 0.4) is 0 Å². The summed E-state index contributed by atoms with van der Waals surface area (Å²) in [6.07, 6.45) is 3.49. The van der Waals surface area contributed by atoms with Gasteiger partial charge in [-0.2, -0.15) is 5.10 Å². The molecule has 2 rings (SSSR count). The van der Waals surface area contributed by atoms with E-state index in [4.69, 9.17) is 5.73 Å². The summed E-state index contributed by atoms with van der Waals surface area (Å²) in [5, 5.41) is 10.1. The zero-order chi connectivity index (χ0) is 10.7. The monoisotopic (exact) mass is 203 g/mol. The van der Waals surface area contributed by atoms with E-state index in [2.05, 4.69) is 20.5 Å². The number of aromatic amines is 1. The predicted molar refractivity (Wildman–Crippen MR) is 59.3 cm³/mol. The number of H-pyrrole nitrogens is 1. The lowest BCUT2D eigenvalue weighted by atomic mass is 10.2. The molecule has 0 saturated heterocycles. The van der Waals surface area contributed by atoms with Crippen molar-refractivity contribution in [2.45, 2.75) is 13.5 Å². The highest BCUT2D eigenvalue weighted by atomic mass is 15.1. The van der Waals surface area contributed by atoms with Crippen molar-refractivity contribution in [2.75, 3.05) is 11.1 Å². The number of nitrogens with two attached hydrogens (primary N) is 1. The van der Waals surface area contributed by atoms with Crippen molar-refractivity contribution in [1.82, 2.24) is 15.2 Å². The van der Waals surface area contributed by atoms with Gasteiger partial charge in [0.05, 0.1) is 6.20 Å². The van der Waals surface area contributed by atoms with Gasteiger partial charge >= 0.3 is 0 Å². The first-order valence-electron chi connectivity index (χ1n) is 4.70. The molecule has 0 spiro atoms. The van der Waals surface area contributed by atoms with Gasteiger partial charge in [-0.15, -0.1) is 0 Å². The van der Waals surface area contributed by atoms with Crippen LogP contribution in [0.4, 0.5) is 11.5 Å². The number of rotatable bonds is 3. The van der Waals surface area contributed by atoms with E-state index in [1.165, 1.54) is 0 Å². The van der Waals surface area contributed by atoms with Gasteiger partial charge < -0.3 is 11.1 Å². The highest BCUT2D eigenvalue weighted by Gasteiger charge is 1.99. The summed E-state index contributed by atoms with van der Waals surface area (Å²) in [7, 11) is 0. The lowest BCUT2D eigenvalue weighted by Crippen LogP contribution is -2.01. The van der Waals surface area contributed by atoms with Crippen molar-refractivity contribution in [3.8, 4) is 0 Å². The Morgan fingerprint density at radius 1 is 1.53 bits per heavy atom. The molecule has 2 aromatic heterocycles. The SMILES string of the molecule is Cc1[nH]ncc1CNc1ccnc(N)c1. The first-order chi connectivity index (χ1) is 7.25. The van der Waals surface area contributed by atoms with E-state index in [9.17, 15) is 0 Å². The standard InChI is InChI=1S/C10H13N5/c1-7-8(6-14-15-7)5-13-9-2-3-12-10(11)4-9/h2-4,6H,5H2,1H3,(H,14,15)(H3,11,12,13). The molecule has 5 heteroatoms. The highest BCUT2D eigenvalue weighted by Crippen LogP contribution is 2.11. The lowest BCUT2D eigenvalue weighted by Gasteiger charge is -2.05. The van der Waals surface area contributed by atoms with Crippen molar-refractivity contribution in [3.63, 3.8) is 0 Å². The Hall–Kier alpha value is -2.04. The molecule has 0 amide bonds. The predicted octanol–water partition coefficient (Wildman–Crippen LogP) is 1.31. The molecule has 0 aromatic carbocycles. The Labute approximate surface area is 87.7 Å². The molecule has 2 heterocycles. The average Bonchev–Trinajstić information content (AvgIpc) is 2.61. The Morgan fingerprint density at radius 2 is 2.40 bits per heavy atom. The number of anilines is 2.